The van der Waals surface area contributed by atoms with Crippen molar-refractivity contribution < 1.29 is 5.11 Å². The van der Waals surface area contributed by atoms with Crippen molar-refractivity contribution in [3.05, 3.63) is 5.82 Å². The van der Waals surface area contributed by atoms with E-state index in [4.69, 9.17) is 5.73 Å². The van der Waals surface area contributed by atoms with Gasteiger partial charge in [-0.15, -0.1) is 5.10 Å². The fourth-order valence-electron chi connectivity index (χ4n) is 3.16. The van der Waals surface area contributed by atoms with E-state index in [0.717, 1.165) is 12.8 Å². The Morgan fingerprint density at radius 3 is 2.65 bits per heavy atom. The first kappa shape index (κ1) is 11.1. The molecule has 0 aliphatic carbocycles. The average molecular weight is 238 g/mol. The van der Waals surface area contributed by atoms with E-state index in [1.165, 1.54) is 4.68 Å². The molecule has 17 heavy (non-hydrogen) atoms. The molecule has 3 rings (SSSR count). The van der Waals surface area contributed by atoms with Crippen molar-refractivity contribution in [1.29, 1.82) is 0 Å². The molecule has 0 spiro atoms. The summed E-state index contributed by atoms with van der Waals surface area (Å²) in [5, 5.41) is 25.5. The van der Waals surface area contributed by atoms with Crippen molar-refractivity contribution in [3.63, 3.8) is 0 Å². The molecule has 7 nitrogen and oxygen atoms in total. The smallest absolute Gasteiger partial charge is 0.170 e. The third-order valence-electron chi connectivity index (χ3n) is 4.04. The lowest BCUT2D eigenvalue weighted by Gasteiger charge is -2.40. The van der Waals surface area contributed by atoms with E-state index in [9.17, 15) is 5.11 Å². The first-order valence-corrected chi connectivity index (χ1v) is 6.05. The maximum atomic E-state index is 10.7. The number of nitrogens with two attached hydrogens (primary N) is 1. The van der Waals surface area contributed by atoms with Crippen LogP contribution in [0.5, 0.6) is 0 Å². The summed E-state index contributed by atoms with van der Waals surface area (Å²) in [6.07, 6.45) is 3.60. The van der Waals surface area contributed by atoms with E-state index in [0.29, 0.717) is 30.7 Å². The van der Waals surface area contributed by atoms with Gasteiger partial charge in [-0.2, -0.15) is 0 Å². The van der Waals surface area contributed by atoms with Crippen LogP contribution < -0.4 is 11.1 Å². The Hall–Kier alpha value is -1.05. The fourth-order valence-corrected chi connectivity index (χ4v) is 3.16. The largest absolute Gasteiger partial charge is 0.388 e. The predicted molar refractivity (Wildman–Crippen MR) is 59.9 cm³/mol. The molecule has 4 N–H and O–H groups in total. The second kappa shape index (κ2) is 3.72. The highest BCUT2D eigenvalue weighted by molar-refractivity contribution is 5.09. The van der Waals surface area contributed by atoms with Crippen LogP contribution in [-0.2, 0) is 7.05 Å². The number of aryl methyl sites for hydroxylation is 1. The van der Waals surface area contributed by atoms with Crippen molar-refractivity contribution >= 4 is 0 Å². The Bertz CT molecular complexity index is 407. The monoisotopic (exact) mass is 238 g/mol. The second-order valence-corrected chi connectivity index (χ2v) is 5.29. The Kier molecular flexibility index (Phi) is 2.42. The van der Waals surface area contributed by atoms with Crippen molar-refractivity contribution in [2.75, 3.05) is 0 Å². The lowest BCUT2D eigenvalue weighted by molar-refractivity contribution is -0.0327. The van der Waals surface area contributed by atoms with Crippen LogP contribution >= 0.6 is 0 Å². The molecule has 1 aromatic rings. The summed E-state index contributed by atoms with van der Waals surface area (Å²) in [6.45, 7) is 0. The summed E-state index contributed by atoms with van der Waals surface area (Å²) in [5.74, 6) is 0.550. The van der Waals surface area contributed by atoms with Gasteiger partial charge in [0.05, 0.1) is 11.6 Å². The van der Waals surface area contributed by atoms with Gasteiger partial charge in [0.25, 0.3) is 0 Å². The van der Waals surface area contributed by atoms with Crippen LogP contribution in [0, 0.1) is 0 Å². The lowest BCUT2D eigenvalue weighted by Crippen LogP contribution is -2.54. The third kappa shape index (κ3) is 1.74. The number of hydrogen-bond donors (Lipinski definition) is 3. The summed E-state index contributed by atoms with van der Waals surface area (Å²) in [5.41, 5.74) is 5.27. The van der Waals surface area contributed by atoms with Gasteiger partial charge in [-0.05, 0) is 36.1 Å². The maximum absolute atomic E-state index is 10.7. The minimum Gasteiger partial charge on any atom is -0.388 e. The normalized spacial score (nSPS) is 38.3. The molecule has 2 bridgehead atoms. The molecule has 2 fully saturated rings. The molecule has 7 heteroatoms. The van der Waals surface area contributed by atoms with Crippen LogP contribution in [0.25, 0.3) is 0 Å². The van der Waals surface area contributed by atoms with Gasteiger partial charge in [0, 0.05) is 19.1 Å². The van der Waals surface area contributed by atoms with Crippen LogP contribution in [0.4, 0.5) is 0 Å². The van der Waals surface area contributed by atoms with E-state index < -0.39 is 11.6 Å². The Balaban J connectivity index is 1.85. The minimum atomic E-state index is -0.889. The zero-order valence-electron chi connectivity index (χ0n) is 9.87. The number of fused-ring (bicyclic) bond motifs is 2. The molecule has 0 saturated carbocycles. The van der Waals surface area contributed by atoms with Gasteiger partial charge in [-0.3, -0.25) is 0 Å². The second-order valence-electron chi connectivity index (χ2n) is 5.29. The highest BCUT2D eigenvalue weighted by Gasteiger charge is 2.47. The zero-order valence-corrected chi connectivity index (χ0v) is 9.87. The van der Waals surface area contributed by atoms with E-state index >= 15 is 0 Å². The van der Waals surface area contributed by atoms with Crippen molar-refractivity contribution in [2.45, 2.75) is 49.4 Å². The molecule has 2 saturated heterocycles. The summed E-state index contributed by atoms with van der Waals surface area (Å²) in [7, 11) is 1.74. The minimum absolute atomic E-state index is 0.381. The molecule has 1 aromatic heterocycles. The van der Waals surface area contributed by atoms with Gasteiger partial charge in [0.2, 0.25) is 0 Å². The number of rotatable bonds is 2. The fraction of sp³-hybridized carbons (Fsp3) is 0.900. The highest BCUT2D eigenvalue weighted by Crippen LogP contribution is 2.39. The molecule has 3 atom stereocenters. The number of aromatic nitrogens is 4. The van der Waals surface area contributed by atoms with Gasteiger partial charge in [0.15, 0.2) is 5.82 Å². The average Bonchev–Trinajstić information content (AvgIpc) is 2.84. The van der Waals surface area contributed by atoms with E-state index in [1.807, 2.05) is 0 Å². The zero-order chi connectivity index (χ0) is 12.0. The lowest BCUT2D eigenvalue weighted by atomic mass is 9.81. The molecule has 0 radical (unpaired) electrons. The SMILES string of the molecule is Cn1nnnc1C(N)C1(O)CC2CCC(C1)N2. The first-order chi connectivity index (χ1) is 8.08. The van der Waals surface area contributed by atoms with Crippen LogP contribution in [0.3, 0.4) is 0 Å². The third-order valence-corrected chi connectivity index (χ3v) is 4.04. The van der Waals surface area contributed by atoms with Gasteiger partial charge < -0.3 is 16.2 Å². The molecule has 2 aliphatic heterocycles. The van der Waals surface area contributed by atoms with Crippen molar-refractivity contribution in [3.8, 4) is 0 Å². The standard InChI is InChI=1S/C10H18N6O/c1-16-9(13-14-15-16)8(11)10(17)4-6-2-3-7(5-10)12-6/h6-8,12,17H,2-5,11H2,1H3. The topological polar surface area (TPSA) is 102 Å². The number of tetrazole rings is 1. The molecule has 2 aliphatic rings. The summed E-state index contributed by atoms with van der Waals surface area (Å²) < 4.78 is 1.53. The van der Waals surface area contributed by atoms with Gasteiger partial charge >= 0.3 is 0 Å². The van der Waals surface area contributed by atoms with E-state index in [-0.39, 0.29) is 0 Å². The summed E-state index contributed by atoms with van der Waals surface area (Å²) >= 11 is 0. The van der Waals surface area contributed by atoms with Crippen molar-refractivity contribution in [1.82, 2.24) is 25.5 Å². The number of nitrogens with one attached hydrogen (secondary N) is 1. The molecule has 0 aromatic carbocycles. The van der Waals surface area contributed by atoms with Crippen LogP contribution in [0.15, 0.2) is 0 Å². The first-order valence-electron chi connectivity index (χ1n) is 6.05. The predicted octanol–water partition coefficient (Wildman–Crippen LogP) is -1.14. The molecule has 3 unspecified atom stereocenters. The quantitative estimate of drug-likeness (QED) is 0.601. The maximum Gasteiger partial charge on any atom is 0.170 e. The molecule has 3 heterocycles. The summed E-state index contributed by atoms with van der Waals surface area (Å²) in [4.78, 5) is 0. The Morgan fingerprint density at radius 2 is 2.12 bits per heavy atom. The van der Waals surface area contributed by atoms with Crippen LogP contribution in [0.2, 0.25) is 0 Å². The summed E-state index contributed by atoms with van der Waals surface area (Å²) in [6, 6.07) is 0.240. The molecule has 0 amide bonds. The van der Waals surface area contributed by atoms with Gasteiger partial charge in [-0.25, -0.2) is 4.68 Å². The van der Waals surface area contributed by atoms with Crippen LogP contribution in [0.1, 0.15) is 37.5 Å². The Labute approximate surface area is 99.4 Å². The van der Waals surface area contributed by atoms with Crippen LogP contribution in [-0.4, -0.2) is 43.0 Å². The van der Waals surface area contributed by atoms with E-state index in [1.54, 1.807) is 7.05 Å². The van der Waals surface area contributed by atoms with Gasteiger partial charge in [-0.1, -0.05) is 0 Å². The van der Waals surface area contributed by atoms with Crippen molar-refractivity contribution in [2.24, 2.45) is 12.8 Å². The molecule has 94 valence electrons. The molecular weight excluding hydrogens is 220 g/mol. The number of hydrogen-bond acceptors (Lipinski definition) is 6. The molecular formula is C10H18N6O. The number of piperidine rings is 1. The number of aliphatic hydroxyl groups is 1. The number of nitrogens with zero attached hydrogens (tertiary/aromatic N) is 4. The van der Waals surface area contributed by atoms with E-state index in [2.05, 4.69) is 20.8 Å². The Morgan fingerprint density at radius 1 is 1.47 bits per heavy atom. The highest BCUT2D eigenvalue weighted by atomic mass is 16.3. The van der Waals surface area contributed by atoms with Gasteiger partial charge in [0.1, 0.15) is 0 Å².